The fraction of sp³-hybridized carbons (Fsp3) is 0.400. The highest BCUT2D eigenvalue weighted by Crippen LogP contribution is 2.28. The van der Waals surface area contributed by atoms with Crippen molar-refractivity contribution in [1.29, 1.82) is 0 Å². The van der Waals surface area contributed by atoms with E-state index in [-0.39, 0.29) is 13.2 Å². The van der Waals surface area contributed by atoms with Crippen LogP contribution in [0.3, 0.4) is 0 Å². The zero-order valence-electron chi connectivity index (χ0n) is 6.16. The molecule has 0 unspecified atom stereocenters. The Bertz CT molecular complexity index is 254. The number of benzene rings is 1. The number of phenols is 1. The molecule has 1 N–H and O–H groups in total. The van der Waals surface area contributed by atoms with Crippen LogP contribution in [-0.4, -0.2) is 11.2 Å². The van der Waals surface area contributed by atoms with Gasteiger partial charge in [-0.3, -0.25) is 0 Å². The van der Waals surface area contributed by atoms with Crippen LogP contribution in [0.4, 0.5) is 0 Å². The van der Waals surface area contributed by atoms with Gasteiger partial charge in [0, 0.05) is 6.07 Å². The lowest BCUT2D eigenvalue weighted by Crippen LogP contribution is -1.94. The highest BCUT2D eigenvalue weighted by Gasteiger charge is 2.23. The molecule has 0 radical (unpaired) electrons. The Morgan fingerprint density at radius 3 is 2.67 bits per heavy atom. The Labute approximate surface area is 72.8 Å². The van der Waals surface area contributed by atoms with Crippen LogP contribution in [0.5, 0.6) is 11.5 Å². The summed E-state index contributed by atoms with van der Waals surface area (Å²) >= 11 is 0. The smallest absolute Gasteiger partial charge is 0.123 e. The molecule has 2 nitrogen and oxygen atoms in total. The summed E-state index contributed by atoms with van der Waals surface area (Å²) in [4.78, 5) is 0. The maximum Gasteiger partial charge on any atom is 0.123 e. The first kappa shape index (κ1) is 8.91. The average molecular weight is 166 g/mol. The average Bonchev–Trinajstić information content (AvgIpc) is 2.71. The van der Waals surface area contributed by atoms with E-state index >= 15 is 0 Å². The Morgan fingerprint density at radius 2 is 2.08 bits per heavy atom. The van der Waals surface area contributed by atoms with Crippen molar-refractivity contribution in [3.05, 3.63) is 24.3 Å². The molecule has 0 bridgehead atoms. The summed E-state index contributed by atoms with van der Waals surface area (Å²) in [6.07, 6.45) is 2.70. The molecule has 0 amide bonds. The van der Waals surface area contributed by atoms with Crippen LogP contribution in [0.1, 0.15) is 20.3 Å². The first-order valence-corrected chi connectivity index (χ1v) is 3.80. The molecule has 66 valence electrons. The zero-order chi connectivity index (χ0) is 7.68. The maximum atomic E-state index is 9.07. The Hall–Kier alpha value is -1.18. The molecule has 0 atom stereocenters. The van der Waals surface area contributed by atoms with E-state index in [2.05, 4.69) is 0 Å². The molecule has 12 heavy (non-hydrogen) atoms. The first-order chi connectivity index (χ1) is 5.34. The van der Waals surface area contributed by atoms with Crippen molar-refractivity contribution < 1.29 is 9.84 Å². The number of aromatic hydroxyl groups is 1. The number of phenolic OH excluding ortho intramolecular Hbond substituents is 1. The fourth-order valence-electron chi connectivity index (χ4n) is 0.935. The van der Waals surface area contributed by atoms with Gasteiger partial charge >= 0.3 is 0 Å². The molecular weight excluding hydrogens is 152 g/mol. The molecule has 2 rings (SSSR count). The van der Waals surface area contributed by atoms with Gasteiger partial charge in [-0.25, -0.2) is 0 Å². The van der Waals surface area contributed by atoms with Gasteiger partial charge in [-0.1, -0.05) is 13.5 Å². The second kappa shape index (κ2) is 3.48. The van der Waals surface area contributed by atoms with E-state index in [1.165, 1.54) is 0 Å². The molecule has 2 heteroatoms. The van der Waals surface area contributed by atoms with Crippen molar-refractivity contribution in [2.45, 2.75) is 26.4 Å². The fourth-order valence-corrected chi connectivity index (χ4v) is 0.935. The van der Waals surface area contributed by atoms with Gasteiger partial charge in [-0.2, -0.15) is 0 Å². The monoisotopic (exact) mass is 166 g/mol. The van der Waals surface area contributed by atoms with Crippen LogP contribution >= 0.6 is 0 Å². The number of ether oxygens (including phenoxy) is 1. The SMILES string of the molecule is C.Oc1cccc(OC2CC2)c1. The summed E-state index contributed by atoms with van der Waals surface area (Å²) in [5, 5.41) is 9.07. The van der Waals surface area contributed by atoms with Crippen molar-refractivity contribution in [3.8, 4) is 11.5 Å². The third kappa shape index (κ3) is 2.16. The number of hydrogen-bond donors (Lipinski definition) is 1. The molecule has 0 aliphatic heterocycles. The van der Waals surface area contributed by atoms with Gasteiger partial charge in [0.05, 0.1) is 6.10 Å². The van der Waals surface area contributed by atoms with Gasteiger partial charge in [0.25, 0.3) is 0 Å². The topological polar surface area (TPSA) is 29.5 Å². The van der Waals surface area contributed by atoms with Crippen molar-refractivity contribution in [2.75, 3.05) is 0 Å². The van der Waals surface area contributed by atoms with Crippen LogP contribution < -0.4 is 4.74 Å². The number of hydrogen-bond acceptors (Lipinski definition) is 2. The molecule has 1 aromatic rings. The minimum absolute atomic E-state index is 0. The van der Waals surface area contributed by atoms with Gasteiger partial charge < -0.3 is 9.84 Å². The molecule has 0 aromatic heterocycles. The van der Waals surface area contributed by atoms with Gasteiger partial charge in [0.15, 0.2) is 0 Å². The van der Waals surface area contributed by atoms with E-state index in [4.69, 9.17) is 9.84 Å². The summed E-state index contributed by atoms with van der Waals surface area (Å²) in [6, 6.07) is 6.92. The Kier molecular flexibility index (Phi) is 2.58. The van der Waals surface area contributed by atoms with Crippen LogP contribution in [0.25, 0.3) is 0 Å². The van der Waals surface area contributed by atoms with Crippen LogP contribution in [0, 0.1) is 0 Å². The lowest BCUT2D eigenvalue weighted by atomic mass is 10.3. The summed E-state index contributed by atoms with van der Waals surface area (Å²) in [5.74, 6) is 1.04. The summed E-state index contributed by atoms with van der Waals surface area (Å²) in [5.41, 5.74) is 0. The molecule has 1 fully saturated rings. The molecule has 0 heterocycles. The van der Waals surface area contributed by atoms with Crippen molar-refractivity contribution in [2.24, 2.45) is 0 Å². The lowest BCUT2D eigenvalue weighted by Gasteiger charge is -2.02. The first-order valence-electron chi connectivity index (χ1n) is 3.80. The quantitative estimate of drug-likeness (QED) is 0.731. The molecule has 0 saturated heterocycles. The minimum atomic E-state index is 0. The molecule has 0 spiro atoms. The van der Waals surface area contributed by atoms with Crippen LogP contribution in [-0.2, 0) is 0 Å². The van der Waals surface area contributed by atoms with Crippen molar-refractivity contribution in [3.63, 3.8) is 0 Å². The summed E-state index contributed by atoms with van der Waals surface area (Å²) in [6.45, 7) is 0. The second-order valence-electron chi connectivity index (χ2n) is 2.81. The van der Waals surface area contributed by atoms with E-state index in [1.807, 2.05) is 6.07 Å². The van der Waals surface area contributed by atoms with Crippen molar-refractivity contribution in [1.82, 2.24) is 0 Å². The molecule has 1 saturated carbocycles. The van der Waals surface area contributed by atoms with E-state index in [1.54, 1.807) is 18.2 Å². The van der Waals surface area contributed by atoms with E-state index < -0.39 is 0 Å². The van der Waals surface area contributed by atoms with Gasteiger partial charge in [-0.05, 0) is 25.0 Å². The van der Waals surface area contributed by atoms with Crippen molar-refractivity contribution >= 4 is 0 Å². The van der Waals surface area contributed by atoms with Crippen LogP contribution in [0.2, 0.25) is 0 Å². The predicted molar refractivity (Wildman–Crippen MR) is 48.5 cm³/mol. The largest absolute Gasteiger partial charge is 0.508 e. The highest BCUT2D eigenvalue weighted by molar-refractivity contribution is 5.32. The normalized spacial score (nSPS) is 15.0. The second-order valence-corrected chi connectivity index (χ2v) is 2.81. The third-order valence-corrected chi connectivity index (χ3v) is 1.64. The molecule has 1 aliphatic rings. The van der Waals surface area contributed by atoms with Gasteiger partial charge in [0.1, 0.15) is 11.5 Å². The van der Waals surface area contributed by atoms with Gasteiger partial charge in [-0.15, -0.1) is 0 Å². The zero-order valence-corrected chi connectivity index (χ0v) is 6.16. The Balaban J connectivity index is 0.000000720. The van der Waals surface area contributed by atoms with Gasteiger partial charge in [0.2, 0.25) is 0 Å². The summed E-state index contributed by atoms with van der Waals surface area (Å²) in [7, 11) is 0. The highest BCUT2D eigenvalue weighted by atomic mass is 16.5. The van der Waals surface area contributed by atoms with E-state index in [9.17, 15) is 0 Å². The maximum absolute atomic E-state index is 9.07. The Morgan fingerprint density at radius 1 is 1.33 bits per heavy atom. The molecule has 1 aromatic carbocycles. The van der Waals surface area contributed by atoms with E-state index in [0.29, 0.717) is 6.10 Å². The number of rotatable bonds is 2. The molecule has 1 aliphatic carbocycles. The van der Waals surface area contributed by atoms with E-state index in [0.717, 1.165) is 18.6 Å². The summed E-state index contributed by atoms with van der Waals surface area (Å²) < 4.78 is 5.45. The molecular formula is C10H14O2. The standard InChI is InChI=1S/C9H10O2.CH4/c10-7-2-1-3-9(6-7)11-8-4-5-8;/h1-3,6,8,10H,4-5H2;1H4. The third-order valence-electron chi connectivity index (χ3n) is 1.64. The minimum Gasteiger partial charge on any atom is -0.508 e. The lowest BCUT2D eigenvalue weighted by molar-refractivity contribution is 0.301. The van der Waals surface area contributed by atoms with Crippen LogP contribution in [0.15, 0.2) is 24.3 Å². The predicted octanol–water partition coefficient (Wildman–Crippen LogP) is 2.57.